The van der Waals surface area contributed by atoms with Crippen molar-refractivity contribution in [2.24, 2.45) is 0 Å². The lowest BCUT2D eigenvalue weighted by Crippen LogP contribution is -2.40. The first-order valence-corrected chi connectivity index (χ1v) is 8.11. The van der Waals surface area contributed by atoms with E-state index in [1.54, 1.807) is 6.92 Å². The molecule has 22 heavy (non-hydrogen) atoms. The summed E-state index contributed by atoms with van der Waals surface area (Å²) in [6, 6.07) is 0.0749. The van der Waals surface area contributed by atoms with E-state index >= 15 is 0 Å². The van der Waals surface area contributed by atoms with Crippen LogP contribution in [0, 0.1) is 6.92 Å². The maximum atomic E-state index is 12.1. The molecule has 0 aromatic carbocycles. The molecule has 1 amide bonds. The first-order chi connectivity index (χ1) is 10.1. The fourth-order valence-electron chi connectivity index (χ4n) is 1.77. The van der Waals surface area contributed by atoms with E-state index in [2.05, 4.69) is 5.32 Å². The maximum Gasteiger partial charge on any atom is 0.326 e. The smallest absolute Gasteiger partial charge is 0.326 e. The molecule has 1 aromatic heterocycles. The van der Waals surface area contributed by atoms with Crippen LogP contribution in [0.15, 0.2) is 15.6 Å². The number of hydrogen-bond acceptors (Lipinski definition) is 5. The molecule has 1 rings (SSSR count). The molecule has 9 heteroatoms. The SMILES string of the molecule is CCCC(NC(=O)c1cc(S(=O)(=O)N(C)C)oc1C)C(=O)O. The summed E-state index contributed by atoms with van der Waals surface area (Å²) >= 11 is 0. The van der Waals surface area contributed by atoms with Gasteiger partial charge in [0.1, 0.15) is 11.8 Å². The van der Waals surface area contributed by atoms with Gasteiger partial charge in [-0.15, -0.1) is 0 Å². The van der Waals surface area contributed by atoms with Crippen LogP contribution >= 0.6 is 0 Å². The Hall–Kier alpha value is -1.87. The summed E-state index contributed by atoms with van der Waals surface area (Å²) in [7, 11) is -1.11. The van der Waals surface area contributed by atoms with Gasteiger partial charge in [0, 0.05) is 20.2 Å². The number of amides is 1. The Labute approximate surface area is 129 Å². The number of aryl methyl sites for hydroxylation is 1. The number of aliphatic carboxylic acids is 1. The molecular formula is C13H20N2O6S. The zero-order chi connectivity index (χ0) is 17.1. The van der Waals surface area contributed by atoms with Crippen molar-refractivity contribution in [3.8, 4) is 0 Å². The topological polar surface area (TPSA) is 117 Å². The maximum absolute atomic E-state index is 12.1. The van der Waals surface area contributed by atoms with Gasteiger partial charge in [0.2, 0.25) is 5.09 Å². The van der Waals surface area contributed by atoms with Crippen LogP contribution in [0.2, 0.25) is 0 Å². The molecular weight excluding hydrogens is 312 g/mol. The first kappa shape index (κ1) is 18.2. The summed E-state index contributed by atoms with van der Waals surface area (Å²) in [4.78, 5) is 23.2. The monoisotopic (exact) mass is 332 g/mol. The van der Waals surface area contributed by atoms with Crippen molar-refractivity contribution in [3.63, 3.8) is 0 Å². The van der Waals surface area contributed by atoms with Crippen molar-refractivity contribution in [1.29, 1.82) is 0 Å². The molecule has 0 aliphatic rings. The molecule has 0 aliphatic heterocycles. The van der Waals surface area contributed by atoms with Crippen molar-refractivity contribution in [3.05, 3.63) is 17.4 Å². The van der Waals surface area contributed by atoms with Gasteiger partial charge in [0.15, 0.2) is 0 Å². The quantitative estimate of drug-likeness (QED) is 0.763. The van der Waals surface area contributed by atoms with E-state index in [-0.39, 0.29) is 22.8 Å². The summed E-state index contributed by atoms with van der Waals surface area (Å²) in [6.45, 7) is 3.24. The lowest BCUT2D eigenvalue weighted by atomic mass is 10.1. The predicted molar refractivity (Wildman–Crippen MR) is 78.1 cm³/mol. The number of carbonyl (C=O) groups is 2. The van der Waals surface area contributed by atoms with Gasteiger partial charge in [-0.1, -0.05) is 13.3 Å². The molecule has 1 heterocycles. The molecule has 0 saturated carbocycles. The first-order valence-electron chi connectivity index (χ1n) is 6.67. The number of carbonyl (C=O) groups excluding carboxylic acids is 1. The molecule has 1 unspecified atom stereocenters. The zero-order valence-electron chi connectivity index (χ0n) is 12.9. The largest absolute Gasteiger partial charge is 0.480 e. The van der Waals surface area contributed by atoms with Gasteiger partial charge in [-0.25, -0.2) is 17.5 Å². The van der Waals surface area contributed by atoms with E-state index in [9.17, 15) is 18.0 Å². The number of carboxylic acid groups (broad SMARTS) is 1. The molecule has 124 valence electrons. The summed E-state index contributed by atoms with van der Waals surface area (Å²) in [5.41, 5.74) is 0.00257. The van der Waals surface area contributed by atoms with E-state index in [4.69, 9.17) is 9.52 Å². The molecule has 0 saturated heterocycles. The second kappa shape index (κ2) is 6.93. The predicted octanol–water partition coefficient (Wildman–Crippen LogP) is 0.821. The molecule has 0 spiro atoms. The summed E-state index contributed by atoms with van der Waals surface area (Å²) in [5.74, 6) is -1.71. The van der Waals surface area contributed by atoms with E-state index in [1.165, 1.54) is 21.0 Å². The van der Waals surface area contributed by atoms with Gasteiger partial charge >= 0.3 is 5.97 Å². The highest BCUT2D eigenvalue weighted by atomic mass is 32.2. The second-order valence-corrected chi connectivity index (χ2v) is 7.06. The standard InChI is InChI=1S/C13H20N2O6S/c1-5-6-10(13(17)18)14-12(16)9-7-11(21-8(9)2)22(19,20)15(3)4/h7,10H,5-6H2,1-4H3,(H,14,16)(H,17,18). The number of hydrogen-bond donors (Lipinski definition) is 2. The molecule has 1 aromatic rings. The fraction of sp³-hybridized carbons (Fsp3) is 0.538. The van der Waals surface area contributed by atoms with Gasteiger partial charge in [-0.2, -0.15) is 0 Å². The summed E-state index contributed by atoms with van der Waals surface area (Å²) < 4.78 is 30.0. The Morgan fingerprint density at radius 2 is 2.00 bits per heavy atom. The molecule has 0 radical (unpaired) electrons. The molecule has 2 N–H and O–H groups in total. The van der Waals surface area contributed by atoms with Crippen molar-refractivity contribution in [1.82, 2.24) is 9.62 Å². The molecule has 0 bridgehead atoms. The van der Waals surface area contributed by atoms with Gasteiger partial charge in [-0.3, -0.25) is 4.79 Å². The number of nitrogens with zero attached hydrogens (tertiary/aromatic N) is 1. The minimum absolute atomic E-state index is 0.00257. The number of furan rings is 1. The second-order valence-electron chi connectivity index (χ2n) is 4.98. The number of sulfonamides is 1. The molecule has 8 nitrogen and oxygen atoms in total. The van der Waals surface area contributed by atoms with Crippen molar-refractivity contribution in [2.75, 3.05) is 14.1 Å². The van der Waals surface area contributed by atoms with Gasteiger partial charge in [-0.05, 0) is 13.3 Å². The van der Waals surface area contributed by atoms with E-state index < -0.39 is 27.9 Å². The molecule has 1 atom stereocenters. The Morgan fingerprint density at radius 3 is 2.45 bits per heavy atom. The van der Waals surface area contributed by atoms with Crippen LogP contribution in [0.3, 0.4) is 0 Å². The van der Waals surface area contributed by atoms with E-state index in [1.807, 2.05) is 0 Å². The Morgan fingerprint density at radius 1 is 1.41 bits per heavy atom. The third kappa shape index (κ3) is 3.86. The normalized spacial score (nSPS) is 13.1. The molecule has 0 fully saturated rings. The van der Waals surface area contributed by atoms with Crippen molar-refractivity contribution >= 4 is 21.9 Å². The fourth-order valence-corrected chi connectivity index (χ4v) is 2.63. The highest BCUT2D eigenvalue weighted by molar-refractivity contribution is 7.88. The van der Waals surface area contributed by atoms with E-state index in [0.717, 1.165) is 10.4 Å². The zero-order valence-corrected chi connectivity index (χ0v) is 13.7. The lowest BCUT2D eigenvalue weighted by Gasteiger charge is -2.12. The third-order valence-electron chi connectivity index (χ3n) is 3.06. The van der Waals surface area contributed by atoms with Crippen LogP contribution in [0.5, 0.6) is 0 Å². The minimum Gasteiger partial charge on any atom is -0.480 e. The Balaban J connectivity index is 3.06. The van der Waals surface area contributed by atoms with Crippen LogP contribution < -0.4 is 5.32 Å². The summed E-state index contributed by atoms with van der Waals surface area (Å²) in [5, 5.41) is 11.0. The van der Waals surface area contributed by atoms with Crippen molar-refractivity contribution < 1.29 is 27.5 Å². The average molecular weight is 332 g/mol. The van der Waals surface area contributed by atoms with Gasteiger partial charge < -0.3 is 14.8 Å². The Bertz CT molecular complexity index is 662. The van der Waals surface area contributed by atoms with Gasteiger partial charge in [0.25, 0.3) is 15.9 Å². The number of carboxylic acids is 1. The lowest BCUT2D eigenvalue weighted by molar-refractivity contribution is -0.139. The van der Waals surface area contributed by atoms with Crippen LogP contribution in [0.4, 0.5) is 0 Å². The van der Waals surface area contributed by atoms with Crippen LogP contribution in [0.25, 0.3) is 0 Å². The van der Waals surface area contributed by atoms with E-state index in [0.29, 0.717) is 6.42 Å². The number of rotatable bonds is 7. The third-order valence-corrected chi connectivity index (χ3v) is 4.73. The average Bonchev–Trinajstić information content (AvgIpc) is 2.80. The highest BCUT2D eigenvalue weighted by Gasteiger charge is 2.27. The number of nitrogens with one attached hydrogen (secondary N) is 1. The van der Waals surface area contributed by atoms with Gasteiger partial charge in [0.05, 0.1) is 5.56 Å². The summed E-state index contributed by atoms with van der Waals surface area (Å²) in [6.07, 6.45) is 0.864. The Kier molecular flexibility index (Phi) is 5.72. The van der Waals surface area contributed by atoms with Crippen molar-refractivity contribution in [2.45, 2.75) is 37.8 Å². The van der Waals surface area contributed by atoms with Crippen LogP contribution in [0.1, 0.15) is 35.9 Å². The minimum atomic E-state index is -3.80. The van der Waals surface area contributed by atoms with Crippen LogP contribution in [-0.2, 0) is 14.8 Å². The van der Waals surface area contributed by atoms with Crippen LogP contribution in [-0.4, -0.2) is 49.8 Å². The molecule has 0 aliphatic carbocycles. The highest BCUT2D eigenvalue weighted by Crippen LogP contribution is 2.21.